The Hall–Kier alpha value is -0.610. The lowest BCUT2D eigenvalue weighted by molar-refractivity contribution is 0.617. The van der Waals surface area contributed by atoms with E-state index in [1.165, 1.54) is 35.0 Å². The first-order valence-corrected chi connectivity index (χ1v) is 8.92. The van der Waals surface area contributed by atoms with Crippen LogP contribution in [0.1, 0.15) is 57.5 Å². The van der Waals surface area contributed by atoms with E-state index in [0.29, 0.717) is 5.92 Å². The predicted molar refractivity (Wildman–Crippen MR) is 88.7 cm³/mol. The Labute approximate surface area is 127 Å². The van der Waals surface area contributed by atoms with Crippen molar-refractivity contribution in [2.75, 3.05) is 18.0 Å². The van der Waals surface area contributed by atoms with Crippen molar-refractivity contribution in [3.63, 3.8) is 0 Å². The van der Waals surface area contributed by atoms with E-state index in [1.807, 2.05) is 11.3 Å². The fourth-order valence-corrected chi connectivity index (χ4v) is 3.51. The van der Waals surface area contributed by atoms with Gasteiger partial charge in [0, 0.05) is 30.6 Å². The average Bonchev–Trinajstić information content (AvgIpc) is 3.15. The lowest BCUT2D eigenvalue weighted by Crippen LogP contribution is -2.27. The van der Waals surface area contributed by atoms with Gasteiger partial charge in [-0.3, -0.25) is 0 Å². The second kappa shape index (κ2) is 7.41. The van der Waals surface area contributed by atoms with Crippen LogP contribution in [0.2, 0.25) is 0 Å². The number of thiazole rings is 1. The van der Waals surface area contributed by atoms with Crippen molar-refractivity contribution >= 4 is 16.5 Å². The van der Waals surface area contributed by atoms with E-state index in [1.54, 1.807) is 0 Å². The Morgan fingerprint density at radius 2 is 2.10 bits per heavy atom. The molecule has 0 aliphatic heterocycles. The maximum absolute atomic E-state index is 4.93. The first kappa shape index (κ1) is 15.8. The maximum Gasteiger partial charge on any atom is 0.185 e. The van der Waals surface area contributed by atoms with Gasteiger partial charge in [-0.05, 0) is 32.1 Å². The summed E-state index contributed by atoms with van der Waals surface area (Å²) in [5.74, 6) is 0.682. The highest BCUT2D eigenvalue weighted by atomic mass is 32.1. The van der Waals surface area contributed by atoms with E-state index >= 15 is 0 Å². The molecule has 114 valence electrons. The molecule has 0 spiro atoms. The largest absolute Gasteiger partial charge is 0.348 e. The third-order valence-corrected chi connectivity index (χ3v) is 4.78. The zero-order valence-electron chi connectivity index (χ0n) is 13.4. The Morgan fingerprint density at radius 3 is 2.65 bits per heavy atom. The van der Waals surface area contributed by atoms with E-state index in [4.69, 9.17) is 4.98 Å². The molecule has 1 N–H and O–H groups in total. The smallest absolute Gasteiger partial charge is 0.185 e. The second-order valence-corrected chi connectivity index (χ2v) is 7.27. The Morgan fingerprint density at radius 1 is 1.35 bits per heavy atom. The van der Waals surface area contributed by atoms with Crippen molar-refractivity contribution < 1.29 is 0 Å². The number of nitrogens with zero attached hydrogens (tertiary/aromatic N) is 2. The van der Waals surface area contributed by atoms with Gasteiger partial charge in [0.05, 0.1) is 5.69 Å². The zero-order chi connectivity index (χ0) is 14.5. The molecule has 1 saturated carbocycles. The van der Waals surface area contributed by atoms with Crippen molar-refractivity contribution in [2.45, 2.75) is 66.0 Å². The summed E-state index contributed by atoms with van der Waals surface area (Å²) in [5, 5.41) is 4.85. The third kappa shape index (κ3) is 4.45. The highest BCUT2D eigenvalue weighted by Gasteiger charge is 2.22. The van der Waals surface area contributed by atoms with Crippen LogP contribution in [0, 0.1) is 5.92 Å². The number of rotatable bonds is 9. The summed E-state index contributed by atoms with van der Waals surface area (Å²) in [7, 11) is 0. The van der Waals surface area contributed by atoms with Crippen LogP contribution in [0.25, 0.3) is 0 Å². The molecule has 20 heavy (non-hydrogen) atoms. The van der Waals surface area contributed by atoms with Crippen molar-refractivity contribution in [2.24, 2.45) is 5.92 Å². The van der Waals surface area contributed by atoms with Gasteiger partial charge in [-0.2, -0.15) is 0 Å². The standard InChI is InChI=1S/C16H29N3S/c1-5-7-14-15(10-17-13-8-9-13)20-16(18-14)19(6-2)11-12(3)4/h12-13,17H,5-11H2,1-4H3. The van der Waals surface area contributed by atoms with Crippen LogP contribution in [-0.2, 0) is 13.0 Å². The van der Waals surface area contributed by atoms with E-state index in [-0.39, 0.29) is 0 Å². The first-order chi connectivity index (χ1) is 9.63. The summed E-state index contributed by atoms with van der Waals surface area (Å²) >= 11 is 1.90. The Balaban J connectivity index is 2.08. The van der Waals surface area contributed by atoms with Gasteiger partial charge < -0.3 is 10.2 Å². The lowest BCUT2D eigenvalue weighted by Gasteiger charge is -2.21. The molecular weight excluding hydrogens is 266 g/mol. The SMILES string of the molecule is CCCc1nc(N(CC)CC(C)C)sc1CNC1CC1. The molecule has 0 unspecified atom stereocenters. The monoisotopic (exact) mass is 295 g/mol. The third-order valence-electron chi connectivity index (χ3n) is 3.62. The molecule has 0 radical (unpaired) electrons. The van der Waals surface area contributed by atoms with Crippen LogP contribution in [0.4, 0.5) is 5.13 Å². The van der Waals surface area contributed by atoms with Crippen molar-refractivity contribution in [1.82, 2.24) is 10.3 Å². The minimum Gasteiger partial charge on any atom is -0.348 e. The molecule has 0 atom stereocenters. The minimum absolute atomic E-state index is 0.682. The highest BCUT2D eigenvalue weighted by molar-refractivity contribution is 7.15. The van der Waals surface area contributed by atoms with E-state index in [2.05, 4.69) is 37.9 Å². The fraction of sp³-hybridized carbons (Fsp3) is 0.812. The summed E-state index contributed by atoms with van der Waals surface area (Å²) in [5.41, 5.74) is 1.32. The molecule has 1 aliphatic carbocycles. The number of hydrogen-bond donors (Lipinski definition) is 1. The van der Waals surface area contributed by atoms with Crippen molar-refractivity contribution in [3.05, 3.63) is 10.6 Å². The van der Waals surface area contributed by atoms with Crippen molar-refractivity contribution in [3.8, 4) is 0 Å². The molecule has 0 saturated heterocycles. The van der Waals surface area contributed by atoms with Gasteiger partial charge in [-0.1, -0.05) is 27.2 Å². The van der Waals surface area contributed by atoms with Crippen LogP contribution >= 0.6 is 11.3 Å². The summed E-state index contributed by atoms with van der Waals surface area (Å²) in [6, 6.07) is 0.771. The molecule has 4 heteroatoms. The van der Waals surface area contributed by atoms with Gasteiger partial charge in [0.15, 0.2) is 5.13 Å². The Bertz CT molecular complexity index is 410. The topological polar surface area (TPSA) is 28.2 Å². The molecule has 1 aliphatic rings. The van der Waals surface area contributed by atoms with E-state index in [0.717, 1.165) is 32.1 Å². The molecular formula is C16H29N3S. The minimum atomic E-state index is 0.682. The highest BCUT2D eigenvalue weighted by Crippen LogP contribution is 2.29. The molecule has 2 rings (SSSR count). The number of aromatic nitrogens is 1. The lowest BCUT2D eigenvalue weighted by atomic mass is 10.2. The molecule has 1 aromatic heterocycles. The average molecular weight is 295 g/mol. The number of nitrogens with one attached hydrogen (secondary N) is 1. The normalized spacial score (nSPS) is 15.1. The van der Waals surface area contributed by atoms with Crippen LogP contribution in [0.3, 0.4) is 0 Å². The van der Waals surface area contributed by atoms with E-state index < -0.39 is 0 Å². The van der Waals surface area contributed by atoms with Gasteiger partial charge in [-0.15, -0.1) is 11.3 Å². The maximum atomic E-state index is 4.93. The molecule has 0 aromatic carbocycles. The molecule has 3 nitrogen and oxygen atoms in total. The number of aryl methyl sites for hydroxylation is 1. The van der Waals surface area contributed by atoms with E-state index in [9.17, 15) is 0 Å². The van der Waals surface area contributed by atoms with Gasteiger partial charge in [-0.25, -0.2) is 4.98 Å². The molecule has 1 aromatic rings. The molecule has 1 fully saturated rings. The summed E-state index contributed by atoms with van der Waals surface area (Å²) in [6.45, 7) is 12.2. The molecule has 1 heterocycles. The van der Waals surface area contributed by atoms with Gasteiger partial charge in [0.1, 0.15) is 0 Å². The summed E-state index contributed by atoms with van der Waals surface area (Å²) < 4.78 is 0. The predicted octanol–water partition coefficient (Wildman–Crippen LogP) is 3.83. The second-order valence-electron chi connectivity index (χ2n) is 6.20. The number of hydrogen-bond acceptors (Lipinski definition) is 4. The zero-order valence-corrected chi connectivity index (χ0v) is 14.2. The quantitative estimate of drug-likeness (QED) is 0.750. The fourth-order valence-electron chi connectivity index (χ4n) is 2.38. The van der Waals surface area contributed by atoms with Crippen molar-refractivity contribution in [1.29, 1.82) is 0 Å². The molecule has 0 amide bonds. The Kier molecular flexibility index (Phi) is 5.85. The van der Waals surface area contributed by atoms with Crippen LogP contribution in [0.5, 0.6) is 0 Å². The molecule has 0 bridgehead atoms. The first-order valence-electron chi connectivity index (χ1n) is 8.10. The number of anilines is 1. The summed E-state index contributed by atoms with van der Waals surface area (Å²) in [4.78, 5) is 8.81. The van der Waals surface area contributed by atoms with Gasteiger partial charge in [0.2, 0.25) is 0 Å². The van der Waals surface area contributed by atoms with Gasteiger partial charge in [0.25, 0.3) is 0 Å². The van der Waals surface area contributed by atoms with Gasteiger partial charge >= 0.3 is 0 Å². The van der Waals surface area contributed by atoms with Crippen LogP contribution in [0.15, 0.2) is 0 Å². The van der Waals surface area contributed by atoms with Crippen LogP contribution < -0.4 is 10.2 Å². The van der Waals surface area contributed by atoms with Crippen LogP contribution in [-0.4, -0.2) is 24.1 Å². The summed E-state index contributed by atoms with van der Waals surface area (Å²) in [6.07, 6.45) is 4.99.